The van der Waals surface area contributed by atoms with Gasteiger partial charge in [-0.3, -0.25) is 4.90 Å². The Morgan fingerprint density at radius 1 is 1.37 bits per heavy atom. The summed E-state index contributed by atoms with van der Waals surface area (Å²) in [6.07, 6.45) is 1.83. The van der Waals surface area contributed by atoms with Gasteiger partial charge in [-0.25, -0.2) is 0 Å². The lowest BCUT2D eigenvalue weighted by atomic mass is 9.92. The van der Waals surface area contributed by atoms with E-state index in [-0.39, 0.29) is 11.9 Å². The molecule has 0 spiro atoms. The summed E-state index contributed by atoms with van der Waals surface area (Å²) < 4.78 is 5.08. The zero-order valence-corrected chi connectivity index (χ0v) is 11.7. The van der Waals surface area contributed by atoms with Crippen molar-refractivity contribution in [3.05, 3.63) is 23.8 Å². The number of piperidine rings is 1. The summed E-state index contributed by atoms with van der Waals surface area (Å²) in [6, 6.07) is 5.43. The molecule has 4 heteroatoms. The van der Waals surface area contributed by atoms with Gasteiger partial charge < -0.3 is 14.9 Å². The summed E-state index contributed by atoms with van der Waals surface area (Å²) in [5.41, 5.74) is 0.927. The molecular weight excluding hydrogens is 242 g/mol. The number of phenols is 1. The molecule has 1 saturated heterocycles. The number of aliphatic hydroxyl groups excluding tert-OH is 1. The van der Waals surface area contributed by atoms with Gasteiger partial charge >= 0.3 is 0 Å². The molecule has 0 radical (unpaired) electrons. The Bertz CT molecular complexity index is 412. The number of likely N-dealkylation sites (tertiary alicyclic amines) is 1. The number of ether oxygens (including phenoxy) is 1. The summed E-state index contributed by atoms with van der Waals surface area (Å²) in [6.45, 7) is 4.57. The summed E-state index contributed by atoms with van der Waals surface area (Å²) in [5, 5.41) is 19.5. The molecule has 1 aromatic rings. The zero-order valence-electron chi connectivity index (χ0n) is 11.7. The highest BCUT2D eigenvalue weighted by Crippen LogP contribution is 2.27. The first kappa shape index (κ1) is 14.2. The molecule has 1 aliphatic heterocycles. The molecule has 2 N–H and O–H groups in total. The van der Waals surface area contributed by atoms with Crippen LogP contribution in [0.1, 0.15) is 25.3 Å². The van der Waals surface area contributed by atoms with Crippen molar-refractivity contribution in [2.45, 2.75) is 32.4 Å². The molecule has 1 aliphatic rings. The first-order valence-electron chi connectivity index (χ1n) is 6.86. The third kappa shape index (κ3) is 3.61. The molecule has 1 aromatic carbocycles. The Hall–Kier alpha value is -1.26. The molecule has 2 rings (SSSR count). The van der Waals surface area contributed by atoms with E-state index in [9.17, 15) is 10.2 Å². The monoisotopic (exact) mass is 265 g/mol. The van der Waals surface area contributed by atoms with Crippen molar-refractivity contribution in [3.8, 4) is 11.5 Å². The number of nitrogens with zero attached hydrogens (tertiary/aromatic N) is 1. The number of aromatic hydroxyl groups is 1. The van der Waals surface area contributed by atoms with Gasteiger partial charge in [0.2, 0.25) is 0 Å². The van der Waals surface area contributed by atoms with Gasteiger partial charge in [0.15, 0.2) is 0 Å². The predicted octanol–water partition coefficient (Wildman–Crippen LogP) is 1.99. The number of rotatable bonds is 4. The minimum Gasteiger partial charge on any atom is -0.507 e. The number of methoxy groups -OCH3 is 1. The van der Waals surface area contributed by atoms with Crippen molar-refractivity contribution >= 4 is 0 Å². The number of hydrogen-bond donors (Lipinski definition) is 2. The Morgan fingerprint density at radius 3 is 2.58 bits per heavy atom. The molecule has 1 atom stereocenters. The van der Waals surface area contributed by atoms with Crippen molar-refractivity contribution in [2.75, 3.05) is 20.2 Å². The molecule has 0 saturated carbocycles. The second kappa shape index (κ2) is 6.26. The van der Waals surface area contributed by atoms with Gasteiger partial charge in [0, 0.05) is 18.2 Å². The molecular formula is C15H23NO3. The lowest BCUT2D eigenvalue weighted by Gasteiger charge is -2.33. The molecule has 1 fully saturated rings. The SMILES string of the molecule is COc1ccc(CN2CCC(C(C)O)CC2)c(O)c1. The topological polar surface area (TPSA) is 52.9 Å². The highest BCUT2D eigenvalue weighted by atomic mass is 16.5. The standard InChI is InChI=1S/C15H23NO3/c1-11(17)12-5-7-16(8-6-12)10-13-3-4-14(19-2)9-15(13)18/h3-4,9,11-12,17-18H,5-8,10H2,1-2H3. The van der Waals surface area contributed by atoms with Crippen molar-refractivity contribution < 1.29 is 14.9 Å². The van der Waals surface area contributed by atoms with E-state index < -0.39 is 0 Å². The van der Waals surface area contributed by atoms with Crippen LogP contribution in [0.5, 0.6) is 11.5 Å². The molecule has 0 bridgehead atoms. The maximum absolute atomic E-state index is 9.95. The van der Waals surface area contributed by atoms with E-state index in [1.165, 1.54) is 0 Å². The van der Waals surface area contributed by atoms with Crippen LogP contribution in [0.3, 0.4) is 0 Å². The summed E-state index contributed by atoms with van der Waals surface area (Å²) >= 11 is 0. The first-order valence-corrected chi connectivity index (χ1v) is 6.86. The fourth-order valence-corrected chi connectivity index (χ4v) is 2.64. The largest absolute Gasteiger partial charge is 0.507 e. The Labute approximate surface area is 114 Å². The van der Waals surface area contributed by atoms with Gasteiger partial charge in [-0.05, 0) is 44.8 Å². The average molecular weight is 265 g/mol. The van der Waals surface area contributed by atoms with Crippen LogP contribution in [-0.2, 0) is 6.54 Å². The Morgan fingerprint density at radius 2 is 2.05 bits per heavy atom. The van der Waals surface area contributed by atoms with Gasteiger partial charge in [0.25, 0.3) is 0 Å². The van der Waals surface area contributed by atoms with E-state index in [2.05, 4.69) is 4.90 Å². The van der Waals surface area contributed by atoms with Gasteiger partial charge in [-0.1, -0.05) is 6.07 Å². The summed E-state index contributed by atoms with van der Waals surface area (Å²) in [7, 11) is 1.59. The number of phenolic OH excluding ortho intramolecular Hbond substituents is 1. The van der Waals surface area contributed by atoms with Crippen LogP contribution in [0.15, 0.2) is 18.2 Å². The van der Waals surface area contributed by atoms with Crippen LogP contribution in [0, 0.1) is 5.92 Å². The Kier molecular flexibility index (Phi) is 4.66. The fourth-order valence-electron chi connectivity index (χ4n) is 2.64. The van der Waals surface area contributed by atoms with Gasteiger partial charge in [0.05, 0.1) is 13.2 Å². The number of hydrogen-bond acceptors (Lipinski definition) is 4. The molecule has 0 aliphatic carbocycles. The van der Waals surface area contributed by atoms with Crippen LogP contribution in [0.2, 0.25) is 0 Å². The smallest absolute Gasteiger partial charge is 0.123 e. The second-order valence-electron chi connectivity index (χ2n) is 5.35. The maximum atomic E-state index is 9.95. The highest BCUT2D eigenvalue weighted by molar-refractivity contribution is 5.39. The van der Waals surface area contributed by atoms with Crippen molar-refractivity contribution in [1.29, 1.82) is 0 Å². The quantitative estimate of drug-likeness (QED) is 0.874. The minimum absolute atomic E-state index is 0.212. The van der Waals surface area contributed by atoms with Crippen molar-refractivity contribution in [3.63, 3.8) is 0 Å². The van der Waals surface area contributed by atoms with E-state index in [0.29, 0.717) is 11.7 Å². The van der Waals surface area contributed by atoms with E-state index in [4.69, 9.17) is 4.74 Å². The molecule has 19 heavy (non-hydrogen) atoms. The van der Waals surface area contributed by atoms with Gasteiger partial charge in [-0.15, -0.1) is 0 Å². The normalized spacial score (nSPS) is 19.3. The molecule has 1 heterocycles. The van der Waals surface area contributed by atoms with Crippen LogP contribution < -0.4 is 4.74 Å². The highest BCUT2D eigenvalue weighted by Gasteiger charge is 2.23. The maximum Gasteiger partial charge on any atom is 0.123 e. The molecule has 1 unspecified atom stereocenters. The average Bonchev–Trinajstić information content (AvgIpc) is 2.41. The van der Waals surface area contributed by atoms with Crippen LogP contribution in [0.25, 0.3) is 0 Å². The molecule has 106 valence electrons. The van der Waals surface area contributed by atoms with E-state index in [1.807, 2.05) is 19.1 Å². The number of aliphatic hydroxyl groups is 1. The molecule has 0 aromatic heterocycles. The fraction of sp³-hybridized carbons (Fsp3) is 0.600. The van der Waals surface area contributed by atoms with Gasteiger partial charge in [0.1, 0.15) is 11.5 Å². The summed E-state index contributed by atoms with van der Waals surface area (Å²) in [4.78, 5) is 2.32. The lowest BCUT2D eigenvalue weighted by Crippen LogP contribution is -2.36. The van der Waals surface area contributed by atoms with Crippen LogP contribution >= 0.6 is 0 Å². The van der Waals surface area contributed by atoms with Crippen molar-refractivity contribution in [1.82, 2.24) is 4.90 Å². The predicted molar refractivity (Wildman–Crippen MR) is 74.3 cm³/mol. The summed E-state index contributed by atoms with van der Waals surface area (Å²) in [5.74, 6) is 1.38. The third-order valence-corrected chi connectivity index (χ3v) is 4.00. The second-order valence-corrected chi connectivity index (χ2v) is 5.35. The zero-order chi connectivity index (χ0) is 13.8. The first-order chi connectivity index (χ1) is 9.10. The minimum atomic E-state index is -0.212. The molecule has 4 nitrogen and oxygen atoms in total. The molecule has 0 amide bonds. The lowest BCUT2D eigenvalue weighted by molar-refractivity contribution is 0.0693. The van der Waals surface area contributed by atoms with Crippen LogP contribution in [-0.4, -0.2) is 41.4 Å². The third-order valence-electron chi connectivity index (χ3n) is 4.00. The van der Waals surface area contributed by atoms with Crippen molar-refractivity contribution in [2.24, 2.45) is 5.92 Å². The van der Waals surface area contributed by atoms with Gasteiger partial charge in [-0.2, -0.15) is 0 Å². The van der Waals surface area contributed by atoms with E-state index >= 15 is 0 Å². The van der Waals surface area contributed by atoms with E-state index in [1.54, 1.807) is 13.2 Å². The van der Waals surface area contributed by atoms with E-state index in [0.717, 1.165) is 38.0 Å². The number of benzene rings is 1. The van der Waals surface area contributed by atoms with Crippen LogP contribution in [0.4, 0.5) is 0 Å². The Balaban J connectivity index is 1.92.